The summed E-state index contributed by atoms with van der Waals surface area (Å²) in [6.45, 7) is 0.508. The highest BCUT2D eigenvalue weighted by Gasteiger charge is 2.06. The van der Waals surface area contributed by atoms with Crippen molar-refractivity contribution in [2.45, 2.75) is 19.3 Å². The Balaban J connectivity index is 3.36. The number of rotatable bonds is 10. The largest absolute Gasteiger partial charge is 0.464 e. The standard InChI is InChI=1S/C9H18N2O6/c12-8(16-6-4-10-14)2-1-3-9(13)17-7-5-11-15/h10-11,14-15H,1-7H2. The minimum atomic E-state index is -0.426. The van der Waals surface area contributed by atoms with Crippen molar-refractivity contribution in [1.29, 1.82) is 0 Å². The van der Waals surface area contributed by atoms with Gasteiger partial charge in [-0.1, -0.05) is 0 Å². The van der Waals surface area contributed by atoms with Gasteiger partial charge in [0.1, 0.15) is 13.2 Å². The van der Waals surface area contributed by atoms with Crippen LogP contribution in [0.5, 0.6) is 0 Å². The first kappa shape index (κ1) is 15.8. The molecule has 0 aromatic heterocycles. The summed E-state index contributed by atoms with van der Waals surface area (Å²) in [6, 6.07) is 0. The van der Waals surface area contributed by atoms with Gasteiger partial charge in [-0.05, 0) is 6.42 Å². The van der Waals surface area contributed by atoms with Gasteiger partial charge in [0.25, 0.3) is 0 Å². The van der Waals surface area contributed by atoms with Crippen LogP contribution in [0.3, 0.4) is 0 Å². The molecule has 0 spiro atoms. The first-order valence-corrected chi connectivity index (χ1v) is 5.26. The van der Waals surface area contributed by atoms with Crippen LogP contribution in [-0.4, -0.2) is 48.7 Å². The Bertz CT molecular complexity index is 202. The van der Waals surface area contributed by atoms with Crippen molar-refractivity contribution in [3.8, 4) is 0 Å². The van der Waals surface area contributed by atoms with Gasteiger partial charge in [0.15, 0.2) is 0 Å². The third-order valence-corrected chi connectivity index (χ3v) is 1.72. The summed E-state index contributed by atoms with van der Waals surface area (Å²) in [7, 11) is 0. The van der Waals surface area contributed by atoms with E-state index in [1.807, 2.05) is 11.0 Å². The van der Waals surface area contributed by atoms with Gasteiger partial charge in [-0.25, -0.2) is 11.0 Å². The summed E-state index contributed by atoms with van der Waals surface area (Å²) in [5, 5.41) is 16.4. The molecule has 100 valence electrons. The van der Waals surface area contributed by atoms with Crippen LogP contribution in [0.15, 0.2) is 0 Å². The van der Waals surface area contributed by atoms with E-state index >= 15 is 0 Å². The molecule has 0 aliphatic heterocycles. The highest BCUT2D eigenvalue weighted by atomic mass is 16.5. The molecule has 0 heterocycles. The SMILES string of the molecule is O=C(CCCC(=O)OCCNO)OCCNO. The second-order valence-electron chi connectivity index (χ2n) is 3.11. The molecular weight excluding hydrogens is 232 g/mol. The molecule has 0 rings (SSSR count). The van der Waals surface area contributed by atoms with Crippen LogP contribution in [-0.2, 0) is 19.1 Å². The van der Waals surface area contributed by atoms with Gasteiger partial charge in [-0.2, -0.15) is 0 Å². The minimum Gasteiger partial charge on any atom is -0.464 e. The van der Waals surface area contributed by atoms with Crippen molar-refractivity contribution in [1.82, 2.24) is 11.0 Å². The molecule has 0 bridgehead atoms. The van der Waals surface area contributed by atoms with Crippen LogP contribution in [0.1, 0.15) is 19.3 Å². The molecule has 0 fully saturated rings. The fraction of sp³-hybridized carbons (Fsp3) is 0.778. The zero-order chi connectivity index (χ0) is 12.9. The smallest absolute Gasteiger partial charge is 0.305 e. The highest BCUT2D eigenvalue weighted by molar-refractivity contribution is 5.72. The van der Waals surface area contributed by atoms with Gasteiger partial charge in [-0.3, -0.25) is 9.59 Å². The van der Waals surface area contributed by atoms with Crippen LogP contribution in [0.4, 0.5) is 0 Å². The predicted octanol–water partition coefficient (Wildman–Crippen LogP) is -0.799. The van der Waals surface area contributed by atoms with Gasteiger partial charge in [-0.15, -0.1) is 0 Å². The van der Waals surface area contributed by atoms with Gasteiger partial charge in [0.05, 0.1) is 13.1 Å². The van der Waals surface area contributed by atoms with Crippen molar-refractivity contribution >= 4 is 11.9 Å². The molecule has 0 saturated carbocycles. The summed E-state index contributed by atoms with van der Waals surface area (Å²) >= 11 is 0. The lowest BCUT2D eigenvalue weighted by atomic mass is 10.2. The van der Waals surface area contributed by atoms with E-state index in [2.05, 4.69) is 0 Å². The zero-order valence-electron chi connectivity index (χ0n) is 9.48. The predicted molar refractivity (Wildman–Crippen MR) is 55.3 cm³/mol. The maximum atomic E-state index is 11.0. The summed E-state index contributed by atoms with van der Waals surface area (Å²) in [4.78, 5) is 22.1. The second-order valence-corrected chi connectivity index (χ2v) is 3.11. The van der Waals surface area contributed by atoms with Crippen molar-refractivity contribution in [2.24, 2.45) is 0 Å². The Morgan fingerprint density at radius 3 is 1.65 bits per heavy atom. The average Bonchev–Trinajstić information content (AvgIpc) is 2.30. The number of carbonyl (C=O) groups is 2. The second kappa shape index (κ2) is 11.3. The first-order chi connectivity index (χ1) is 8.20. The Labute approximate surface area is 98.8 Å². The van der Waals surface area contributed by atoms with Crippen molar-refractivity contribution < 1.29 is 29.5 Å². The van der Waals surface area contributed by atoms with Crippen LogP contribution >= 0.6 is 0 Å². The van der Waals surface area contributed by atoms with E-state index in [1.165, 1.54) is 0 Å². The summed E-state index contributed by atoms with van der Waals surface area (Å²) in [6.07, 6.45) is 0.592. The van der Waals surface area contributed by atoms with E-state index < -0.39 is 11.9 Å². The quantitative estimate of drug-likeness (QED) is 0.226. The molecule has 0 saturated heterocycles. The number of hydrogen-bond donors (Lipinski definition) is 4. The van der Waals surface area contributed by atoms with E-state index in [-0.39, 0.29) is 39.1 Å². The highest BCUT2D eigenvalue weighted by Crippen LogP contribution is 1.99. The minimum absolute atomic E-state index is 0.0853. The molecule has 8 heteroatoms. The third-order valence-electron chi connectivity index (χ3n) is 1.72. The van der Waals surface area contributed by atoms with Crippen LogP contribution in [0, 0.1) is 0 Å². The molecular formula is C9H18N2O6. The lowest BCUT2D eigenvalue weighted by Crippen LogP contribution is -2.19. The first-order valence-electron chi connectivity index (χ1n) is 5.26. The van der Waals surface area contributed by atoms with E-state index in [9.17, 15) is 9.59 Å². The number of hydrogen-bond acceptors (Lipinski definition) is 8. The molecule has 0 radical (unpaired) electrons. The molecule has 0 aromatic carbocycles. The number of esters is 2. The lowest BCUT2D eigenvalue weighted by Gasteiger charge is -2.04. The molecule has 0 unspecified atom stereocenters. The van der Waals surface area contributed by atoms with Gasteiger partial charge < -0.3 is 19.9 Å². The molecule has 0 aromatic rings. The van der Waals surface area contributed by atoms with Crippen LogP contribution in [0.25, 0.3) is 0 Å². The van der Waals surface area contributed by atoms with Crippen molar-refractivity contribution in [3.63, 3.8) is 0 Å². The van der Waals surface area contributed by atoms with E-state index in [1.54, 1.807) is 0 Å². The summed E-state index contributed by atoms with van der Waals surface area (Å²) in [5.41, 5.74) is 3.70. The molecule has 8 nitrogen and oxygen atoms in total. The molecule has 0 atom stereocenters. The van der Waals surface area contributed by atoms with Gasteiger partial charge in [0, 0.05) is 12.8 Å². The Morgan fingerprint density at radius 1 is 0.882 bits per heavy atom. The Hall–Kier alpha value is -1.22. The van der Waals surface area contributed by atoms with E-state index in [0.717, 1.165) is 0 Å². The van der Waals surface area contributed by atoms with Gasteiger partial charge in [0.2, 0.25) is 0 Å². The topological polar surface area (TPSA) is 117 Å². The monoisotopic (exact) mass is 250 g/mol. The fourth-order valence-corrected chi connectivity index (χ4v) is 0.942. The maximum Gasteiger partial charge on any atom is 0.305 e. The molecule has 0 aliphatic rings. The third kappa shape index (κ3) is 11.1. The number of ether oxygens (including phenoxy) is 2. The molecule has 0 aliphatic carbocycles. The summed E-state index contributed by atoms with van der Waals surface area (Å²) < 4.78 is 9.41. The average molecular weight is 250 g/mol. The van der Waals surface area contributed by atoms with E-state index in [0.29, 0.717) is 6.42 Å². The molecule has 0 amide bonds. The zero-order valence-corrected chi connectivity index (χ0v) is 9.48. The number of carbonyl (C=O) groups excluding carboxylic acids is 2. The van der Waals surface area contributed by atoms with Crippen molar-refractivity contribution in [3.05, 3.63) is 0 Å². The molecule has 17 heavy (non-hydrogen) atoms. The maximum absolute atomic E-state index is 11.0. The van der Waals surface area contributed by atoms with Crippen LogP contribution in [0.2, 0.25) is 0 Å². The number of nitrogens with one attached hydrogen (secondary N) is 2. The summed E-state index contributed by atoms with van der Waals surface area (Å²) in [5.74, 6) is -0.852. The Morgan fingerprint density at radius 2 is 1.29 bits per heavy atom. The fourth-order valence-electron chi connectivity index (χ4n) is 0.942. The Kier molecular flexibility index (Phi) is 10.5. The lowest BCUT2D eigenvalue weighted by molar-refractivity contribution is -0.145. The van der Waals surface area contributed by atoms with Crippen molar-refractivity contribution in [2.75, 3.05) is 26.3 Å². The van der Waals surface area contributed by atoms with Crippen LogP contribution < -0.4 is 11.0 Å². The number of hydroxylamine groups is 2. The van der Waals surface area contributed by atoms with E-state index in [4.69, 9.17) is 19.9 Å². The normalized spacial score (nSPS) is 10.0. The molecule has 4 N–H and O–H groups in total. The van der Waals surface area contributed by atoms with Gasteiger partial charge >= 0.3 is 11.9 Å².